The molecule has 0 saturated heterocycles. The zero-order chi connectivity index (χ0) is 19.2. The number of hydrazone groups is 1. The van der Waals surface area contributed by atoms with Crippen molar-refractivity contribution in [1.82, 2.24) is 9.99 Å². The van der Waals surface area contributed by atoms with E-state index >= 15 is 0 Å². The van der Waals surface area contributed by atoms with Crippen molar-refractivity contribution in [2.24, 2.45) is 5.10 Å². The van der Waals surface area contributed by atoms with Crippen molar-refractivity contribution in [2.45, 2.75) is 13.5 Å². The van der Waals surface area contributed by atoms with Gasteiger partial charge in [-0.2, -0.15) is 5.10 Å². The highest BCUT2D eigenvalue weighted by atomic mass is 35.5. The molecule has 3 rings (SSSR count). The Balaban J connectivity index is 1.62. The lowest BCUT2D eigenvalue weighted by Gasteiger charge is -2.11. The van der Waals surface area contributed by atoms with Crippen LogP contribution in [0.3, 0.4) is 0 Å². The summed E-state index contributed by atoms with van der Waals surface area (Å²) in [5.74, 6) is -0.227. The van der Waals surface area contributed by atoms with E-state index in [0.29, 0.717) is 22.2 Å². The molecule has 0 fully saturated rings. The van der Waals surface area contributed by atoms with E-state index < -0.39 is 0 Å². The Morgan fingerprint density at radius 3 is 2.81 bits per heavy atom. The van der Waals surface area contributed by atoms with Gasteiger partial charge in [0, 0.05) is 22.5 Å². The van der Waals surface area contributed by atoms with E-state index in [1.807, 2.05) is 54.1 Å². The summed E-state index contributed by atoms with van der Waals surface area (Å²) < 4.78 is 15.7. The fraction of sp³-hybridized carbons (Fsp3) is 0.100. The maximum atomic E-state index is 13.8. The van der Waals surface area contributed by atoms with E-state index in [-0.39, 0.29) is 5.82 Å². The van der Waals surface area contributed by atoms with Gasteiger partial charge in [-0.05, 0) is 55.0 Å². The van der Waals surface area contributed by atoms with Crippen LogP contribution in [-0.4, -0.2) is 15.9 Å². The van der Waals surface area contributed by atoms with Crippen molar-refractivity contribution in [2.75, 3.05) is 5.32 Å². The van der Waals surface area contributed by atoms with Gasteiger partial charge in [0.05, 0.1) is 18.5 Å². The van der Waals surface area contributed by atoms with Crippen LogP contribution in [0.15, 0.2) is 65.9 Å². The van der Waals surface area contributed by atoms with Crippen LogP contribution in [0.25, 0.3) is 0 Å². The molecule has 0 unspecified atom stereocenters. The first-order valence-electron chi connectivity index (χ1n) is 8.28. The minimum Gasteiger partial charge on any atom is -0.342 e. The van der Waals surface area contributed by atoms with Gasteiger partial charge in [0.2, 0.25) is 0 Å². The first kappa shape index (κ1) is 19.1. The monoisotopic (exact) mass is 400 g/mol. The summed E-state index contributed by atoms with van der Waals surface area (Å²) in [6, 6.07) is 16.0. The highest BCUT2D eigenvalue weighted by Gasteiger charge is 2.05. The Hall–Kier alpha value is -2.70. The summed E-state index contributed by atoms with van der Waals surface area (Å²) in [6.07, 6.45) is 3.51. The maximum Gasteiger partial charge on any atom is 0.191 e. The number of nitrogens with zero attached hydrogens (tertiary/aromatic N) is 2. The molecule has 7 heteroatoms. The normalized spacial score (nSPS) is 10.9. The molecule has 1 aromatic heterocycles. The molecule has 1 heterocycles. The smallest absolute Gasteiger partial charge is 0.191 e. The highest BCUT2D eigenvalue weighted by Crippen LogP contribution is 2.22. The van der Waals surface area contributed by atoms with E-state index in [9.17, 15) is 4.39 Å². The summed E-state index contributed by atoms with van der Waals surface area (Å²) in [4.78, 5) is 0. The third-order valence-electron chi connectivity index (χ3n) is 4.04. The number of hydrogen-bond acceptors (Lipinski definition) is 2. The van der Waals surface area contributed by atoms with Gasteiger partial charge in [-0.1, -0.05) is 35.9 Å². The van der Waals surface area contributed by atoms with Gasteiger partial charge in [-0.15, -0.1) is 0 Å². The molecular weight excluding hydrogens is 383 g/mol. The van der Waals surface area contributed by atoms with E-state index in [4.69, 9.17) is 23.8 Å². The van der Waals surface area contributed by atoms with Gasteiger partial charge in [0.25, 0.3) is 0 Å². The van der Waals surface area contributed by atoms with Crippen molar-refractivity contribution in [3.05, 3.63) is 88.5 Å². The van der Waals surface area contributed by atoms with Gasteiger partial charge < -0.3 is 9.88 Å². The summed E-state index contributed by atoms with van der Waals surface area (Å²) in [6.45, 7) is 2.33. The van der Waals surface area contributed by atoms with Crippen molar-refractivity contribution >= 4 is 40.8 Å². The fourth-order valence-corrected chi connectivity index (χ4v) is 2.89. The Bertz CT molecular complexity index is 984. The van der Waals surface area contributed by atoms with E-state index in [2.05, 4.69) is 15.8 Å². The van der Waals surface area contributed by atoms with Crippen LogP contribution in [0, 0.1) is 12.7 Å². The predicted octanol–water partition coefficient (Wildman–Crippen LogP) is 4.96. The minimum absolute atomic E-state index is 0.227. The molecule has 0 atom stereocenters. The number of hydrogen-bond donors (Lipinski definition) is 2. The first-order valence-corrected chi connectivity index (χ1v) is 9.07. The molecule has 138 valence electrons. The second-order valence-corrected chi connectivity index (χ2v) is 6.70. The maximum absolute atomic E-state index is 13.8. The molecule has 0 spiro atoms. The number of nitrogens with one attached hydrogen (secondary N) is 2. The number of benzene rings is 2. The molecule has 0 aliphatic rings. The van der Waals surface area contributed by atoms with Crippen LogP contribution in [-0.2, 0) is 6.54 Å². The molecule has 2 N–H and O–H groups in total. The molecule has 0 aliphatic carbocycles. The number of anilines is 1. The summed E-state index contributed by atoms with van der Waals surface area (Å²) >= 11 is 11.4. The van der Waals surface area contributed by atoms with Crippen molar-refractivity contribution < 1.29 is 4.39 Å². The standard InChI is InChI=1S/C20H18ClFN4S/c1-14-17(21)8-4-10-19(14)24-20(27)25-23-12-16-7-5-11-26(16)13-15-6-2-3-9-18(15)22/h2-12H,13H2,1H3,(H2,24,25,27). The predicted molar refractivity (Wildman–Crippen MR) is 113 cm³/mol. The second-order valence-electron chi connectivity index (χ2n) is 5.89. The molecule has 0 radical (unpaired) electrons. The van der Waals surface area contributed by atoms with Crippen LogP contribution in [0.4, 0.5) is 10.1 Å². The Morgan fingerprint density at radius 2 is 2.00 bits per heavy atom. The molecule has 0 aliphatic heterocycles. The van der Waals surface area contributed by atoms with E-state index in [1.165, 1.54) is 6.07 Å². The first-order chi connectivity index (χ1) is 13.0. The van der Waals surface area contributed by atoms with Crippen LogP contribution in [0.2, 0.25) is 5.02 Å². The van der Waals surface area contributed by atoms with Crippen LogP contribution < -0.4 is 10.7 Å². The molecule has 3 aromatic rings. The Labute approximate surface area is 167 Å². The van der Waals surface area contributed by atoms with Crippen molar-refractivity contribution in [1.29, 1.82) is 0 Å². The lowest BCUT2D eigenvalue weighted by Crippen LogP contribution is -2.24. The topological polar surface area (TPSA) is 41.4 Å². The molecule has 0 amide bonds. The molecule has 4 nitrogen and oxygen atoms in total. The number of halogens is 2. The van der Waals surface area contributed by atoms with E-state index in [0.717, 1.165) is 16.9 Å². The number of aromatic nitrogens is 1. The summed E-state index contributed by atoms with van der Waals surface area (Å²) in [5.41, 5.74) is 5.95. The van der Waals surface area contributed by atoms with Gasteiger partial charge in [-0.3, -0.25) is 5.43 Å². The summed E-state index contributed by atoms with van der Waals surface area (Å²) in [5, 5.41) is 8.23. The fourth-order valence-electron chi connectivity index (χ4n) is 2.55. The number of rotatable bonds is 5. The minimum atomic E-state index is -0.227. The SMILES string of the molecule is Cc1c(Cl)cccc1NC(=S)NN=Cc1cccn1Cc1ccccc1F. The molecule has 2 aromatic carbocycles. The van der Waals surface area contributed by atoms with Gasteiger partial charge in [0.15, 0.2) is 5.11 Å². The zero-order valence-electron chi connectivity index (χ0n) is 14.6. The number of thiocarbonyl (C=S) groups is 1. The molecule has 0 bridgehead atoms. The quantitative estimate of drug-likeness (QED) is 0.361. The molecule has 27 heavy (non-hydrogen) atoms. The third kappa shape index (κ3) is 4.93. The largest absolute Gasteiger partial charge is 0.342 e. The van der Waals surface area contributed by atoms with E-state index in [1.54, 1.807) is 18.3 Å². The van der Waals surface area contributed by atoms with Crippen molar-refractivity contribution in [3.8, 4) is 0 Å². The van der Waals surface area contributed by atoms with Gasteiger partial charge in [0.1, 0.15) is 5.82 Å². The van der Waals surface area contributed by atoms with Crippen molar-refractivity contribution in [3.63, 3.8) is 0 Å². The van der Waals surface area contributed by atoms with Crippen LogP contribution in [0.5, 0.6) is 0 Å². The van der Waals surface area contributed by atoms with Gasteiger partial charge in [-0.25, -0.2) is 4.39 Å². The Morgan fingerprint density at radius 1 is 1.19 bits per heavy atom. The Kier molecular flexibility index (Phi) is 6.21. The van der Waals surface area contributed by atoms with Crippen LogP contribution in [0.1, 0.15) is 16.8 Å². The molecule has 0 saturated carbocycles. The van der Waals surface area contributed by atoms with Crippen LogP contribution >= 0.6 is 23.8 Å². The highest BCUT2D eigenvalue weighted by molar-refractivity contribution is 7.80. The lowest BCUT2D eigenvalue weighted by molar-refractivity contribution is 0.599. The zero-order valence-corrected chi connectivity index (χ0v) is 16.2. The molecular formula is C20H18ClFN4S. The lowest BCUT2D eigenvalue weighted by atomic mass is 10.2. The second kappa shape index (κ2) is 8.79. The average molecular weight is 401 g/mol. The van der Waals surface area contributed by atoms with Gasteiger partial charge >= 0.3 is 0 Å². The summed E-state index contributed by atoms with van der Waals surface area (Å²) in [7, 11) is 0. The third-order valence-corrected chi connectivity index (χ3v) is 4.64. The average Bonchev–Trinajstić information content (AvgIpc) is 3.08.